The Balaban J connectivity index is 2.97. The normalized spacial score (nSPS) is 12.6. The van der Waals surface area contributed by atoms with Crippen LogP contribution in [0, 0.1) is 5.82 Å². The van der Waals surface area contributed by atoms with Crippen molar-refractivity contribution in [3.63, 3.8) is 0 Å². The molecule has 0 aliphatic rings. The van der Waals surface area contributed by atoms with E-state index in [1.165, 1.54) is 13.2 Å². The maximum Gasteiger partial charge on any atom is 0.412 e. The number of allylic oxidation sites excluding steroid dienone is 1. The zero-order chi connectivity index (χ0) is 19.1. The van der Waals surface area contributed by atoms with Gasteiger partial charge in [-0.05, 0) is 39.3 Å². The van der Waals surface area contributed by atoms with Gasteiger partial charge in [0.2, 0.25) is 6.10 Å². The highest BCUT2D eigenvalue weighted by molar-refractivity contribution is 6.32. The fraction of sp³-hybridized carbons (Fsp3) is 0.412. The number of hydrogen-bond acceptors (Lipinski definition) is 5. The Morgan fingerprint density at radius 2 is 1.96 bits per heavy atom. The van der Waals surface area contributed by atoms with Gasteiger partial charge in [-0.2, -0.15) is 0 Å². The number of hydrogen-bond donors (Lipinski definition) is 1. The topological polar surface area (TPSA) is 73.9 Å². The summed E-state index contributed by atoms with van der Waals surface area (Å²) in [6, 6.07) is 2.26. The van der Waals surface area contributed by atoms with E-state index in [9.17, 15) is 14.0 Å². The number of carbonyl (C=O) groups is 2. The lowest BCUT2D eigenvalue weighted by molar-refractivity contribution is -0.148. The largest absolute Gasteiger partial charge is 0.489 e. The molecule has 0 aromatic heterocycles. The van der Waals surface area contributed by atoms with Crippen molar-refractivity contribution in [1.82, 2.24) is 0 Å². The lowest BCUT2D eigenvalue weighted by atomic mass is 10.1. The number of methoxy groups -OCH3 is 1. The number of nitrogens with one attached hydrogen (secondary N) is 1. The molecule has 0 saturated carbocycles. The van der Waals surface area contributed by atoms with Crippen LogP contribution in [-0.2, 0) is 14.3 Å². The minimum atomic E-state index is -1.23. The lowest BCUT2D eigenvalue weighted by Gasteiger charge is -2.17. The maximum atomic E-state index is 14.0. The minimum absolute atomic E-state index is 0.0716. The summed E-state index contributed by atoms with van der Waals surface area (Å²) in [6.07, 6.45) is -0.833. The second kappa shape index (κ2) is 9.27. The molecule has 0 fully saturated rings. The zero-order valence-electron chi connectivity index (χ0n) is 14.7. The van der Waals surface area contributed by atoms with Gasteiger partial charge in [-0.3, -0.25) is 5.32 Å². The van der Waals surface area contributed by atoms with E-state index in [2.05, 4.69) is 10.1 Å². The number of carbonyl (C=O) groups excluding carboxylic acids is 2. The molecule has 6 nitrogen and oxygen atoms in total. The van der Waals surface area contributed by atoms with Crippen LogP contribution in [0.15, 0.2) is 23.8 Å². The molecular formula is C17H21ClFNO5. The van der Waals surface area contributed by atoms with Crippen LogP contribution in [0.1, 0.15) is 27.7 Å². The third-order valence-corrected chi connectivity index (χ3v) is 3.43. The first-order valence-corrected chi connectivity index (χ1v) is 7.91. The van der Waals surface area contributed by atoms with Crippen LogP contribution >= 0.6 is 11.6 Å². The fourth-order valence-electron chi connectivity index (χ4n) is 1.80. The summed E-state index contributed by atoms with van der Waals surface area (Å²) in [5.41, 5.74) is 0.286. The smallest absolute Gasteiger partial charge is 0.412 e. The van der Waals surface area contributed by atoms with Crippen molar-refractivity contribution in [1.29, 1.82) is 0 Å². The molecule has 1 atom stereocenters. The van der Waals surface area contributed by atoms with Gasteiger partial charge < -0.3 is 14.2 Å². The Hall–Kier alpha value is -2.28. The van der Waals surface area contributed by atoms with Gasteiger partial charge in [-0.15, -0.1) is 0 Å². The Bertz CT molecular complexity index is 675. The van der Waals surface area contributed by atoms with Gasteiger partial charge in [-0.1, -0.05) is 17.7 Å². The molecular weight excluding hydrogens is 353 g/mol. The average Bonchev–Trinajstić information content (AvgIpc) is 2.55. The van der Waals surface area contributed by atoms with E-state index < -0.39 is 24.0 Å². The van der Waals surface area contributed by atoms with Crippen LogP contribution in [0.4, 0.5) is 14.9 Å². The van der Waals surface area contributed by atoms with Gasteiger partial charge in [0.05, 0.1) is 23.9 Å². The Labute approximate surface area is 150 Å². The monoisotopic (exact) mass is 373 g/mol. The number of rotatable bonds is 6. The summed E-state index contributed by atoms with van der Waals surface area (Å²) in [5, 5.41) is 2.30. The standard InChI is InChI=1S/C17H21ClFNO5/c1-6-10(4)15(16(21)23-5)25-17(22)20-13-8-14(24-9(2)3)11(18)7-12(13)19/h6-9,15H,1-5H3,(H,20,22). The van der Waals surface area contributed by atoms with E-state index in [4.69, 9.17) is 21.1 Å². The molecule has 0 aliphatic heterocycles. The number of ether oxygens (including phenoxy) is 3. The van der Waals surface area contributed by atoms with E-state index in [0.29, 0.717) is 5.57 Å². The summed E-state index contributed by atoms with van der Waals surface area (Å²) in [7, 11) is 1.17. The summed E-state index contributed by atoms with van der Waals surface area (Å²) in [5.74, 6) is -1.30. The molecule has 138 valence electrons. The maximum absolute atomic E-state index is 14.0. The SMILES string of the molecule is CC=C(C)C(OC(=O)Nc1cc(OC(C)C)c(Cl)cc1F)C(=O)OC. The Kier molecular flexibility index (Phi) is 7.70. The van der Waals surface area contributed by atoms with Crippen molar-refractivity contribution in [2.24, 2.45) is 0 Å². The first kappa shape index (κ1) is 20.8. The van der Waals surface area contributed by atoms with E-state index in [0.717, 1.165) is 6.07 Å². The Morgan fingerprint density at radius 1 is 1.32 bits per heavy atom. The summed E-state index contributed by atoms with van der Waals surface area (Å²) in [6.45, 7) is 6.84. The van der Waals surface area contributed by atoms with Gasteiger partial charge in [0, 0.05) is 6.07 Å². The number of anilines is 1. The lowest BCUT2D eigenvalue weighted by Crippen LogP contribution is -2.31. The van der Waals surface area contributed by atoms with E-state index >= 15 is 0 Å². The molecule has 1 aromatic carbocycles. The van der Waals surface area contributed by atoms with Crippen LogP contribution < -0.4 is 10.1 Å². The number of amides is 1. The van der Waals surface area contributed by atoms with Gasteiger partial charge in [0.1, 0.15) is 11.6 Å². The summed E-state index contributed by atoms with van der Waals surface area (Å²) < 4.78 is 29.1. The van der Waals surface area contributed by atoms with Crippen molar-refractivity contribution < 1.29 is 28.2 Å². The molecule has 0 heterocycles. The van der Waals surface area contributed by atoms with Crippen molar-refractivity contribution in [3.05, 3.63) is 34.6 Å². The van der Waals surface area contributed by atoms with Crippen LogP contribution in [-0.4, -0.2) is 31.4 Å². The van der Waals surface area contributed by atoms with Crippen LogP contribution in [0.25, 0.3) is 0 Å². The minimum Gasteiger partial charge on any atom is -0.489 e. The molecule has 0 bridgehead atoms. The van der Waals surface area contributed by atoms with Gasteiger partial charge in [0.15, 0.2) is 0 Å². The predicted octanol–water partition coefficient (Wildman–Crippen LogP) is 4.32. The van der Waals surface area contributed by atoms with Gasteiger partial charge in [-0.25, -0.2) is 14.0 Å². The van der Waals surface area contributed by atoms with Crippen molar-refractivity contribution in [3.8, 4) is 5.75 Å². The molecule has 8 heteroatoms. The number of esters is 1. The number of halogens is 2. The average molecular weight is 374 g/mol. The molecule has 25 heavy (non-hydrogen) atoms. The quantitative estimate of drug-likeness (QED) is 0.593. The van der Waals surface area contributed by atoms with Crippen molar-refractivity contribution in [2.45, 2.75) is 39.9 Å². The molecule has 0 saturated heterocycles. The molecule has 1 rings (SSSR count). The summed E-state index contributed by atoms with van der Waals surface area (Å²) in [4.78, 5) is 23.7. The summed E-state index contributed by atoms with van der Waals surface area (Å²) >= 11 is 5.91. The molecule has 0 radical (unpaired) electrons. The van der Waals surface area contributed by atoms with Crippen molar-refractivity contribution in [2.75, 3.05) is 12.4 Å². The molecule has 1 amide bonds. The zero-order valence-corrected chi connectivity index (χ0v) is 15.4. The highest BCUT2D eigenvalue weighted by atomic mass is 35.5. The molecule has 0 aliphatic carbocycles. The molecule has 1 unspecified atom stereocenters. The fourth-order valence-corrected chi connectivity index (χ4v) is 2.00. The second-order valence-electron chi connectivity index (χ2n) is 5.40. The second-order valence-corrected chi connectivity index (χ2v) is 5.80. The highest BCUT2D eigenvalue weighted by Crippen LogP contribution is 2.31. The predicted molar refractivity (Wildman–Crippen MR) is 92.5 cm³/mol. The van der Waals surface area contributed by atoms with Crippen LogP contribution in [0.2, 0.25) is 5.02 Å². The molecule has 1 N–H and O–H groups in total. The Morgan fingerprint density at radius 3 is 2.48 bits per heavy atom. The van der Waals surface area contributed by atoms with Gasteiger partial charge >= 0.3 is 12.1 Å². The molecule has 1 aromatic rings. The van der Waals surface area contributed by atoms with Crippen molar-refractivity contribution >= 4 is 29.4 Å². The van der Waals surface area contributed by atoms with Crippen LogP contribution in [0.5, 0.6) is 5.75 Å². The van der Waals surface area contributed by atoms with E-state index in [1.807, 2.05) is 0 Å². The third-order valence-electron chi connectivity index (χ3n) is 3.13. The molecule has 0 spiro atoms. The highest BCUT2D eigenvalue weighted by Gasteiger charge is 2.26. The van der Waals surface area contributed by atoms with Crippen LogP contribution in [0.3, 0.4) is 0 Å². The third kappa shape index (κ3) is 5.94. The van der Waals surface area contributed by atoms with E-state index in [1.54, 1.807) is 33.8 Å². The first-order valence-electron chi connectivity index (χ1n) is 7.53. The van der Waals surface area contributed by atoms with E-state index in [-0.39, 0.29) is 22.6 Å². The first-order chi connectivity index (χ1) is 11.7. The van der Waals surface area contributed by atoms with Gasteiger partial charge in [0.25, 0.3) is 0 Å². The number of benzene rings is 1.